The van der Waals surface area contributed by atoms with Crippen LogP contribution in [-0.4, -0.2) is 14.7 Å². The molecule has 5 heteroatoms. The molecule has 1 aromatic rings. The molecule has 0 aromatic heterocycles. The molecule has 0 spiro atoms. The van der Waals surface area contributed by atoms with Gasteiger partial charge in [0, 0.05) is 11.3 Å². The molecule has 0 bridgehead atoms. The van der Waals surface area contributed by atoms with E-state index in [1.807, 2.05) is 0 Å². The number of halogens is 2. The number of hydrogen-bond donors (Lipinski definition) is 0. The molecule has 0 aliphatic heterocycles. The molecule has 1 aromatic carbocycles. The van der Waals surface area contributed by atoms with Gasteiger partial charge in [-0.05, 0) is 18.2 Å². The predicted octanol–water partition coefficient (Wildman–Crippen LogP) is 1.88. The van der Waals surface area contributed by atoms with Gasteiger partial charge in [0.1, 0.15) is 10.7 Å². The van der Waals surface area contributed by atoms with Crippen molar-refractivity contribution in [3.8, 4) is 0 Å². The van der Waals surface area contributed by atoms with E-state index in [-0.39, 0.29) is 9.92 Å². The van der Waals surface area contributed by atoms with E-state index >= 15 is 0 Å². The van der Waals surface area contributed by atoms with Gasteiger partial charge in [-0.3, -0.25) is 0 Å². The van der Waals surface area contributed by atoms with E-state index in [4.69, 9.17) is 11.6 Å². The molecule has 1 rings (SSSR count). The maximum absolute atomic E-state index is 12.8. The molecule has 12 heavy (non-hydrogen) atoms. The van der Waals surface area contributed by atoms with Crippen molar-refractivity contribution >= 4 is 21.4 Å². The van der Waals surface area contributed by atoms with Crippen molar-refractivity contribution in [2.45, 2.75) is 4.90 Å². The Morgan fingerprint density at radius 1 is 1.42 bits per heavy atom. The van der Waals surface area contributed by atoms with Gasteiger partial charge >= 0.3 is 0 Å². The lowest BCUT2D eigenvalue weighted by atomic mass is 10.3. The largest absolute Gasteiger partial charge is 0.224 e. The topological polar surface area (TPSA) is 34.1 Å². The molecule has 0 atom stereocenters. The lowest BCUT2D eigenvalue weighted by Crippen LogP contribution is -2.00. The molecule has 0 saturated carbocycles. The molecule has 0 fully saturated rings. The van der Waals surface area contributed by atoms with Crippen molar-refractivity contribution in [1.29, 1.82) is 0 Å². The molecule has 2 nitrogen and oxygen atoms in total. The molecule has 66 valence electrons. The zero-order valence-electron chi connectivity index (χ0n) is 6.21. The summed E-state index contributed by atoms with van der Waals surface area (Å²) in [6, 6.07) is 3.41. The monoisotopic (exact) mass is 208 g/mol. The maximum Gasteiger partial charge on any atom is 0.178 e. The van der Waals surface area contributed by atoms with E-state index in [1.54, 1.807) is 0 Å². The van der Waals surface area contributed by atoms with Crippen LogP contribution in [0.2, 0.25) is 5.02 Å². The Hall–Kier alpha value is -0.610. The first-order valence-electron chi connectivity index (χ1n) is 3.06. The van der Waals surface area contributed by atoms with Crippen molar-refractivity contribution < 1.29 is 12.8 Å². The van der Waals surface area contributed by atoms with E-state index in [1.165, 1.54) is 6.07 Å². The summed E-state index contributed by atoms with van der Waals surface area (Å²) in [4.78, 5) is -0.366. The molecule has 0 heterocycles. The fourth-order valence-corrected chi connectivity index (χ4v) is 1.76. The summed E-state index contributed by atoms with van der Waals surface area (Å²) in [6.45, 7) is 0. The zero-order valence-corrected chi connectivity index (χ0v) is 7.79. The second kappa shape index (κ2) is 3.03. The van der Waals surface area contributed by atoms with Gasteiger partial charge < -0.3 is 0 Å². The van der Waals surface area contributed by atoms with Crippen LogP contribution in [0.25, 0.3) is 0 Å². The number of rotatable bonds is 1. The predicted molar refractivity (Wildman–Crippen MR) is 44.5 cm³/mol. The van der Waals surface area contributed by atoms with Crippen molar-refractivity contribution in [3.63, 3.8) is 0 Å². The maximum atomic E-state index is 12.8. The number of sulfone groups is 1. The van der Waals surface area contributed by atoms with Gasteiger partial charge in [-0.2, -0.15) is 0 Å². The number of hydrogen-bond acceptors (Lipinski definition) is 2. The van der Waals surface area contributed by atoms with Crippen molar-refractivity contribution in [3.05, 3.63) is 29.0 Å². The smallest absolute Gasteiger partial charge is 0.178 e. The zero-order chi connectivity index (χ0) is 9.35. The molecule has 0 amide bonds. The van der Waals surface area contributed by atoms with Crippen LogP contribution in [-0.2, 0) is 9.84 Å². The molecule has 0 unspecified atom stereocenters. The van der Waals surface area contributed by atoms with Crippen LogP contribution < -0.4 is 0 Å². The summed E-state index contributed by atoms with van der Waals surface area (Å²) in [5.41, 5.74) is 0. The fourth-order valence-electron chi connectivity index (χ4n) is 0.761. The van der Waals surface area contributed by atoms with Crippen LogP contribution in [0.1, 0.15) is 0 Å². The molecule has 0 radical (unpaired) electrons. The molecule has 0 N–H and O–H groups in total. The summed E-state index contributed by atoms with van der Waals surface area (Å²) < 4.78 is 34.6. The lowest BCUT2D eigenvalue weighted by molar-refractivity contribution is 0.571. The van der Waals surface area contributed by atoms with Gasteiger partial charge in [-0.15, -0.1) is 0 Å². The highest BCUT2D eigenvalue weighted by atomic mass is 35.5. The third-order valence-corrected chi connectivity index (χ3v) is 2.64. The fraction of sp³-hybridized carbons (Fsp3) is 0.143. The average Bonchev–Trinajstić information content (AvgIpc) is 1.92. The Balaban J connectivity index is 3.43. The van der Waals surface area contributed by atoms with Gasteiger partial charge in [-0.1, -0.05) is 11.6 Å². The summed E-state index contributed by atoms with van der Waals surface area (Å²) in [6.07, 6.45) is 0.932. The van der Waals surface area contributed by atoms with Crippen LogP contribution in [0, 0.1) is 5.82 Å². The van der Waals surface area contributed by atoms with Crippen LogP contribution in [0.5, 0.6) is 0 Å². The first kappa shape index (κ1) is 9.48. The van der Waals surface area contributed by atoms with Gasteiger partial charge in [-0.25, -0.2) is 12.8 Å². The van der Waals surface area contributed by atoms with Crippen LogP contribution in [0.3, 0.4) is 0 Å². The molecular formula is C7H6ClFO2S. The Kier molecular flexibility index (Phi) is 2.39. The highest BCUT2D eigenvalue weighted by Gasteiger charge is 2.13. The molecule has 0 aliphatic carbocycles. The highest BCUT2D eigenvalue weighted by molar-refractivity contribution is 7.90. The summed E-state index contributed by atoms with van der Waals surface area (Å²) in [7, 11) is -3.52. The van der Waals surface area contributed by atoms with E-state index in [9.17, 15) is 12.8 Å². The normalized spacial score (nSPS) is 11.6. The minimum atomic E-state index is -3.52. The van der Waals surface area contributed by atoms with Crippen molar-refractivity contribution in [2.24, 2.45) is 0 Å². The Labute approximate surface area is 74.9 Å². The second-order valence-electron chi connectivity index (χ2n) is 2.35. The van der Waals surface area contributed by atoms with E-state index in [0.717, 1.165) is 18.4 Å². The third kappa shape index (κ3) is 1.95. The van der Waals surface area contributed by atoms with Crippen LogP contribution in [0.15, 0.2) is 23.1 Å². The third-order valence-electron chi connectivity index (χ3n) is 1.29. The molecule has 0 saturated heterocycles. The number of benzene rings is 1. The first-order chi connectivity index (χ1) is 5.41. The molecular weight excluding hydrogens is 203 g/mol. The Morgan fingerprint density at radius 3 is 2.42 bits per heavy atom. The van der Waals surface area contributed by atoms with Gasteiger partial charge in [0.15, 0.2) is 9.84 Å². The lowest BCUT2D eigenvalue weighted by Gasteiger charge is -1.99. The summed E-state index contributed by atoms with van der Waals surface area (Å²) >= 11 is 5.49. The second-order valence-corrected chi connectivity index (χ2v) is 4.77. The minimum Gasteiger partial charge on any atom is -0.224 e. The van der Waals surface area contributed by atoms with Gasteiger partial charge in [0.2, 0.25) is 0 Å². The SMILES string of the molecule is CS(=O)(=O)c1cc(Cl)ccc1F. The Morgan fingerprint density at radius 2 is 2.00 bits per heavy atom. The van der Waals surface area contributed by atoms with Crippen molar-refractivity contribution in [1.82, 2.24) is 0 Å². The van der Waals surface area contributed by atoms with E-state index in [0.29, 0.717) is 0 Å². The minimum absolute atomic E-state index is 0.205. The van der Waals surface area contributed by atoms with Gasteiger partial charge in [0.25, 0.3) is 0 Å². The van der Waals surface area contributed by atoms with Crippen molar-refractivity contribution in [2.75, 3.05) is 6.26 Å². The summed E-state index contributed by atoms with van der Waals surface area (Å²) in [5.74, 6) is -0.776. The Bertz CT molecular complexity index is 400. The van der Waals surface area contributed by atoms with Crippen LogP contribution in [0.4, 0.5) is 4.39 Å². The first-order valence-corrected chi connectivity index (χ1v) is 5.33. The average molecular weight is 209 g/mol. The standard InChI is InChI=1S/C7H6ClFO2S/c1-12(10,11)7-4-5(8)2-3-6(7)9/h2-4H,1H3. The van der Waals surface area contributed by atoms with Gasteiger partial charge in [0.05, 0.1) is 0 Å². The van der Waals surface area contributed by atoms with E-state index in [2.05, 4.69) is 0 Å². The molecule has 0 aliphatic rings. The van der Waals surface area contributed by atoms with Crippen LogP contribution >= 0.6 is 11.6 Å². The highest BCUT2D eigenvalue weighted by Crippen LogP contribution is 2.18. The quantitative estimate of drug-likeness (QED) is 0.706. The van der Waals surface area contributed by atoms with E-state index < -0.39 is 15.7 Å². The summed E-state index contributed by atoms with van der Waals surface area (Å²) in [5, 5.41) is 0.205.